The van der Waals surface area contributed by atoms with Crippen molar-refractivity contribution in [3.63, 3.8) is 0 Å². The van der Waals surface area contributed by atoms with E-state index in [2.05, 4.69) is 0 Å². The van der Waals surface area contributed by atoms with Crippen LogP contribution in [0.25, 0.3) is 0 Å². The van der Waals surface area contributed by atoms with E-state index < -0.39 is 11.8 Å². The highest BCUT2D eigenvalue weighted by Gasteiger charge is 2.18. The highest BCUT2D eigenvalue weighted by Crippen LogP contribution is 2.32. The molecule has 1 atom stereocenters. The van der Waals surface area contributed by atoms with Crippen LogP contribution in [-0.4, -0.2) is 10.9 Å². The van der Waals surface area contributed by atoms with Crippen molar-refractivity contribution in [3.05, 3.63) is 29.3 Å². The van der Waals surface area contributed by atoms with E-state index in [1.165, 1.54) is 13.0 Å². The molecule has 0 saturated carbocycles. The smallest absolute Gasteiger partial charge is 0.263 e. The minimum absolute atomic E-state index is 0.147. The summed E-state index contributed by atoms with van der Waals surface area (Å²) in [4.78, 5) is 10.9. The van der Waals surface area contributed by atoms with Gasteiger partial charge in [-0.3, -0.25) is 4.79 Å². The number of alkyl halides is 3. The summed E-state index contributed by atoms with van der Waals surface area (Å²) in [5.74, 6) is -0.736. The molecule has 82 valence electrons. The van der Waals surface area contributed by atoms with Crippen LogP contribution in [0.3, 0.4) is 0 Å². The Bertz CT molecular complexity index is 380. The third kappa shape index (κ3) is 2.65. The number of aromatic hydroxyl groups is 1. The van der Waals surface area contributed by atoms with Gasteiger partial charge in [-0.15, -0.1) is 11.6 Å². The lowest BCUT2D eigenvalue weighted by atomic mass is 10.1. The molecule has 0 fully saturated rings. The number of Topliss-reactive ketones (excluding diaryl/α,β-unsaturated/α-hetero) is 1. The van der Waals surface area contributed by atoms with Gasteiger partial charge in [-0.1, -0.05) is 12.1 Å². The number of hydrogen-bond acceptors (Lipinski definition) is 2. The standard InChI is InChI=1S/C10H9ClF2O2/c1-5(14)9(11)7-3-2-6(10(12)13)4-8(7)15/h2-4,9-10,15H,1H3. The summed E-state index contributed by atoms with van der Waals surface area (Å²) in [6, 6.07) is 3.28. The van der Waals surface area contributed by atoms with Crippen molar-refractivity contribution >= 4 is 17.4 Å². The molecule has 1 rings (SSSR count). The molecular weight excluding hydrogens is 226 g/mol. The molecule has 1 unspecified atom stereocenters. The molecule has 0 heterocycles. The summed E-state index contributed by atoms with van der Waals surface area (Å²) in [6.07, 6.45) is -2.66. The van der Waals surface area contributed by atoms with Crippen molar-refractivity contribution in [2.24, 2.45) is 0 Å². The van der Waals surface area contributed by atoms with Crippen molar-refractivity contribution in [1.29, 1.82) is 0 Å². The number of hydrogen-bond donors (Lipinski definition) is 1. The van der Waals surface area contributed by atoms with Crippen LogP contribution in [0.5, 0.6) is 5.75 Å². The molecule has 5 heteroatoms. The van der Waals surface area contributed by atoms with Crippen LogP contribution in [0, 0.1) is 0 Å². The van der Waals surface area contributed by atoms with E-state index >= 15 is 0 Å². The lowest BCUT2D eigenvalue weighted by molar-refractivity contribution is -0.116. The normalized spacial score (nSPS) is 12.9. The van der Waals surface area contributed by atoms with Gasteiger partial charge < -0.3 is 5.11 Å². The number of ketones is 1. The Morgan fingerprint density at radius 2 is 2.07 bits per heavy atom. The van der Waals surface area contributed by atoms with Crippen LogP contribution >= 0.6 is 11.6 Å². The molecule has 1 N–H and O–H groups in total. The molecule has 0 aliphatic heterocycles. The van der Waals surface area contributed by atoms with Gasteiger partial charge in [0.15, 0.2) is 5.78 Å². The van der Waals surface area contributed by atoms with Crippen LogP contribution in [0.2, 0.25) is 0 Å². The average molecular weight is 235 g/mol. The lowest BCUT2D eigenvalue weighted by Crippen LogP contribution is -2.02. The molecule has 0 saturated heterocycles. The van der Waals surface area contributed by atoms with Gasteiger partial charge in [-0.2, -0.15) is 0 Å². The molecule has 0 radical (unpaired) electrons. The first-order valence-electron chi connectivity index (χ1n) is 4.19. The molecule has 1 aromatic carbocycles. The minimum atomic E-state index is -2.66. The summed E-state index contributed by atoms with van der Waals surface area (Å²) in [6.45, 7) is 1.26. The predicted molar refractivity (Wildman–Crippen MR) is 52.3 cm³/mol. The maximum absolute atomic E-state index is 12.2. The van der Waals surface area contributed by atoms with Crippen LogP contribution in [0.15, 0.2) is 18.2 Å². The van der Waals surface area contributed by atoms with Crippen molar-refractivity contribution in [2.75, 3.05) is 0 Å². The van der Waals surface area contributed by atoms with E-state index in [1.54, 1.807) is 0 Å². The Labute approximate surface area is 90.5 Å². The number of carbonyl (C=O) groups is 1. The average Bonchev–Trinajstić information content (AvgIpc) is 2.16. The summed E-state index contributed by atoms with van der Waals surface area (Å²) in [7, 11) is 0. The quantitative estimate of drug-likeness (QED) is 0.816. The number of halogens is 3. The first-order valence-corrected chi connectivity index (χ1v) is 4.62. The number of carbonyl (C=O) groups excluding carboxylic acids is 1. The van der Waals surface area contributed by atoms with E-state index in [9.17, 15) is 18.7 Å². The zero-order valence-electron chi connectivity index (χ0n) is 7.88. The van der Waals surface area contributed by atoms with Gasteiger partial charge in [0.2, 0.25) is 0 Å². The van der Waals surface area contributed by atoms with Gasteiger partial charge in [0.05, 0.1) is 0 Å². The molecule has 0 aromatic heterocycles. The fourth-order valence-electron chi connectivity index (χ4n) is 1.13. The van der Waals surface area contributed by atoms with Crippen molar-refractivity contribution in [1.82, 2.24) is 0 Å². The second kappa shape index (κ2) is 4.57. The molecule has 1 aromatic rings. The monoisotopic (exact) mass is 234 g/mol. The van der Waals surface area contributed by atoms with E-state index in [0.29, 0.717) is 0 Å². The Morgan fingerprint density at radius 1 is 1.47 bits per heavy atom. The number of rotatable bonds is 3. The number of phenols is 1. The molecular formula is C10H9ClF2O2. The SMILES string of the molecule is CC(=O)C(Cl)c1ccc(C(F)F)cc1O. The minimum Gasteiger partial charge on any atom is -0.508 e. The van der Waals surface area contributed by atoms with Crippen LogP contribution in [0.1, 0.15) is 29.9 Å². The van der Waals surface area contributed by atoms with Crippen molar-refractivity contribution in [3.8, 4) is 5.75 Å². The van der Waals surface area contributed by atoms with Gasteiger partial charge in [-0.05, 0) is 13.0 Å². The Balaban J connectivity index is 3.08. The Hall–Kier alpha value is -1.16. The summed E-state index contributed by atoms with van der Waals surface area (Å²) in [5, 5.41) is 8.39. The van der Waals surface area contributed by atoms with Crippen LogP contribution < -0.4 is 0 Å². The molecule has 0 bridgehead atoms. The molecule has 0 spiro atoms. The zero-order valence-corrected chi connectivity index (χ0v) is 8.63. The van der Waals surface area contributed by atoms with Gasteiger partial charge in [-0.25, -0.2) is 8.78 Å². The topological polar surface area (TPSA) is 37.3 Å². The van der Waals surface area contributed by atoms with Gasteiger partial charge >= 0.3 is 0 Å². The highest BCUT2D eigenvalue weighted by atomic mass is 35.5. The largest absolute Gasteiger partial charge is 0.508 e. The number of phenolic OH excluding ortho intramolecular Hbond substituents is 1. The second-order valence-corrected chi connectivity index (χ2v) is 3.53. The van der Waals surface area contributed by atoms with E-state index in [4.69, 9.17) is 11.6 Å². The fraction of sp³-hybridized carbons (Fsp3) is 0.300. The van der Waals surface area contributed by atoms with E-state index in [-0.39, 0.29) is 22.7 Å². The molecule has 0 aliphatic carbocycles. The lowest BCUT2D eigenvalue weighted by Gasteiger charge is -2.09. The molecule has 2 nitrogen and oxygen atoms in total. The van der Waals surface area contributed by atoms with E-state index in [1.807, 2.05) is 0 Å². The summed E-state index contributed by atoms with van der Waals surface area (Å²) >= 11 is 5.68. The zero-order chi connectivity index (χ0) is 11.6. The Morgan fingerprint density at radius 3 is 2.47 bits per heavy atom. The highest BCUT2D eigenvalue weighted by molar-refractivity contribution is 6.31. The first-order chi connectivity index (χ1) is 6.93. The fourth-order valence-corrected chi connectivity index (χ4v) is 1.31. The molecule has 0 aliphatic rings. The molecule has 0 amide bonds. The van der Waals surface area contributed by atoms with Crippen LogP contribution in [-0.2, 0) is 4.79 Å². The van der Waals surface area contributed by atoms with E-state index in [0.717, 1.165) is 12.1 Å². The van der Waals surface area contributed by atoms with Gasteiger partial charge in [0.1, 0.15) is 11.1 Å². The molecule has 15 heavy (non-hydrogen) atoms. The van der Waals surface area contributed by atoms with Crippen LogP contribution in [0.4, 0.5) is 8.78 Å². The third-order valence-electron chi connectivity index (χ3n) is 1.94. The van der Waals surface area contributed by atoms with Gasteiger partial charge in [0, 0.05) is 11.1 Å². The maximum atomic E-state index is 12.2. The second-order valence-electron chi connectivity index (χ2n) is 3.09. The summed E-state index contributed by atoms with van der Waals surface area (Å²) < 4.78 is 24.5. The first kappa shape index (κ1) is 11.9. The van der Waals surface area contributed by atoms with Gasteiger partial charge in [0.25, 0.3) is 6.43 Å². The summed E-state index contributed by atoms with van der Waals surface area (Å²) in [5.41, 5.74) is -0.155. The van der Waals surface area contributed by atoms with Crippen molar-refractivity contribution < 1.29 is 18.7 Å². The Kier molecular flexibility index (Phi) is 3.63. The maximum Gasteiger partial charge on any atom is 0.263 e. The predicted octanol–water partition coefficient (Wildman–Crippen LogP) is 3.20. The van der Waals surface area contributed by atoms with Crippen molar-refractivity contribution in [2.45, 2.75) is 18.7 Å². The third-order valence-corrected chi connectivity index (χ3v) is 2.48. The number of benzene rings is 1.